The maximum atomic E-state index is 12.8. The Bertz CT molecular complexity index is 789. The highest BCUT2D eigenvalue weighted by molar-refractivity contribution is 5.82. The Kier molecular flexibility index (Phi) is 6.82. The lowest BCUT2D eigenvalue weighted by atomic mass is 9.95. The van der Waals surface area contributed by atoms with Crippen LogP contribution in [0, 0.1) is 5.92 Å². The van der Waals surface area contributed by atoms with Crippen LogP contribution in [-0.4, -0.2) is 62.0 Å². The molecule has 1 atom stereocenters. The van der Waals surface area contributed by atoms with Gasteiger partial charge in [-0.25, -0.2) is 0 Å². The first-order valence-electron chi connectivity index (χ1n) is 9.74. The average molecular weight is 380 g/mol. The highest BCUT2D eigenvalue weighted by Crippen LogP contribution is 2.22. The van der Waals surface area contributed by atoms with Gasteiger partial charge in [-0.3, -0.25) is 9.59 Å². The van der Waals surface area contributed by atoms with Gasteiger partial charge >= 0.3 is 0 Å². The Balaban J connectivity index is 1.71. The van der Waals surface area contributed by atoms with Gasteiger partial charge in [0.25, 0.3) is 0 Å². The molecule has 0 bridgehead atoms. The summed E-state index contributed by atoms with van der Waals surface area (Å²) in [5, 5.41) is 0. The van der Waals surface area contributed by atoms with Crippen molar-refractivity contribution in [1.29, 1.82) is 0 Å². The predicted octanol–water partition coefficient (Wildman–Crippen LogP) is 2.85. The Labute approximate surface area is 166 Å². The van der Waals surface area contributed by atoms with Crippen molar-refractivity contribution in [3.05, 3.63) is 60.2 Å². The highest BCUT2D eigenvalue weighted by atomic mass is 16.5. The number of carbonyl (C=O) groups excluding carboxylic acids is 2. The third-order valence-corrected chi connectivity index (χ3v) is 5.29. The van der Waals surface area contributed by atoms with Crippen LogP contribution in [0.2, 0.25) is 0 Å². The van der Waals surface area contributed by atoms with E-state index in [4.69, 9.17) is 4.74 Å². The van der Waals surface area contributed by atoms with Crippen molar-refractivity contribution in [1.82, 2.24) is 9.80 Å². The number of amides is 2. The van der Waals surface area contributed by atoms with E-state index < -0.39 is 0 Å². The van der Waals surface area contributed by atoms with Gasteiger partial charge in [0.2, 0.25) is 11.8 Å². The van der Waals surface area contributed by atoms with E-state index in [0.29, 0.717) is 39.1 Å². The summed E-state index contributed by atoms with van der Waals surface area (Å²) in [7, 11) is 3.41. The summed E-state index contributed by atoms with van der Waals surface area (Å²) in [6, 6.07) is 18.6. The van der Waals surface area contributed by atoms with Crippen LogP contribution < -0.4 is 0 Å². The molecule has 1 aliphatic rings. The second kappa shape index (κ2) is 9.51. The lowest BCUT2D eigenvalue weighted by Crippen LogP contribution is -2.37. The first kappa shape index (κ1) is 20.1. The molecule has 0 N–H and O–H groups in total. The summed E-state index contributed by atoms with van der Waals surface area (Å²) in [5.74, 6) is -0.0647. The molecule has 2 aromatic rings. The molecule has 2 aromatic carbocycles. The number of likely N-dealkylation sites (N-methyl/N-ethyl adjacent to an activating group) is 1. The molecule has 1 aliphatic heterocycles. The molecular weight excluding hydrogens is 352 g/mol. The summed E-state index contributed by atoms with van der Waals surface area (Å²) in [5.41, 5.74) is 3.44. The maximum absolute atomic E-state index is 12.8. The van der Waals surface area contributed by atoms with E-state index in [1.807, 2.05) is 30.1 Å². The summed E-state index contributed by atoms with van der Waals surface area (Å²) >= 11 is 0. The molecule has 28 heavy (non-hydrogen) atoms. The fraction of sp³-hybridized carbons (Fsp3) is 0.391. The van der Waals surface area contributed by atoms with Crippen LogP contribution in [0.5, 0.6) is 0 Å². The van der Waals surface area contributed by atoms with Crippen LogP contribution in [0.1, 0.15) is 12.0 Å². The number of nitrogens with zero attached hydrogens (tertiary/aromatic N) is 2. The summed E-state index contributed by atoms with van der Waals surface area (Å²) < 4.78 is 5.02. The molecule has 1 saturated heterocycles. The largest absolute Gasteiger partial charge is 0.384 e. The molecule has 0 unspecified atom stereocenters. The molecule has 0 aliphatic carbocycles. The molecule has 2 amide bonds. The number of carbonyl (C=O) groups is 2. The SMILES string of the molecule is COCCC(=O)N1CCN(C)C(=O)[C@@H](Cc2ccc(-c3ccccc3)cc2)C1. The fourth-order valence-corrected chi connectivity index (χ4v) is 3.60. The molecule has 3 rings (SSSR count). The van der Waals surface area contributed by atoms with Crippen LogP contribution in [-0.2, 0) is 20.7 Å². The van der Waals surface area contributed by atoms with Gasteiger partial charge in [-0.05, 0) is 23.1 Å². The van der Waals surface area contributed by atoms with Gasteiger partial charge < -0.3 is 14.5 Å². The molecule has 0 saturated carbocycles. The van der Waals surface area contributed by atoms with E-state index in [1.54, 1.807) is 12.0 Å². The minimum atomic E-state index is -0.221. The Morgan fingerprint density at radius 3 is 2.39 bits per heavy atom. The van der Waals surface area contributed by atoms with Crippen LogP contribution in [0.15, 0.2) is 54.6 Å². The van der Waals surface area contributed by atoms with Crippen LogP contribution in [0.4, 0.5) is 0 Å². The van der Waals surface area contributed by atoms with Crippen molar-refractivity contribution in [2.24, 2.45) is 5.92 Å². The lowest BCUT2D eigenvalue weighted by Gasteiger charge is -2.23. The van der Waals surface area contributed by atoms with Crippen molar-refractivity contribution in [3.8, 4) is 11.1 Å². The van der Waals surface area contributed by atoms with E-state index in [-0.39, 0.29) is 17.7 Å². The third kappa shape index (κ3) is 4.98. The van der Waals surface area contributed by atoms with Gasteiger partial charge in [0.15, 0.2) is 0 Å². The average Bonchev–Trinajstić information content (AvgIpc) is 2.87. The van der Waals surface area contributed by atoms with Crippen LogP contribution >= 0.6 is 0 Å². The van der Waals surface area contributed by atoms with E-state index in [0.717, 1.165) is 11.1 Å². The van der Waals surface area contributed by atoms with Crippen molar-refractivity contribution in [3.63, 3.8) is 0 Å². The second-order valence-electron chi connectivity index (χ2n) is 7.31. The van der Waals surface area contributed by atoms with Crippen LogP contribution in [0.25, 0.3) is 11.1 Å². The maximum Gasteiger partial charge on any atom is 0.227 e. The second-order valence-corrected chi connectivity index (χ2v) is 7.31. The molecule has 1 fully saturated rings. The van der Waals surface area contributed by atoms with Gasteiger partial charge in [0.05, 0.1) is 18.9 Å². The monoisotopic (exact) mass is 380 g/mol. The number of methoxy groups -OCH3 is 1. The first-order valence-corrected chi connectivity index (χ1v) is 9.74. The molecular formula is C23H28N2O3. The van der Waals surface area contributed by atoms with Crippen LogP contribution in [0.3, 0.4) is 0 Å². The number of hydrogen-bond donors (Lipinski definition) is 0. The topological polar surface area (TPSA) is 49.9 Å². The first-order chi connectivity index (χ1) is 13.6. The molecule has 0 spiro atoms. The lowest BCUT2D eigenvalue weighted by molar-refractivity contribution is -0.134. The van der Waals surface area contributed by atoms with E-state index >= 15 is 0 Å². The molecule has 0 radical (unpaired) electrons. The zero-order valence-corrected chi connectivity index (χ0v) is 16.6. The smallest absolute Gasteiger partial charge is 0.227 e. The Hall–Kier alpha value is -2.66. The van der Waals surface area contributed by atoms with Crippen molar-refractivity contribution in [2.45, 2.75) is 12.8 Å². The fourth-order valence-electron chi connectivity index (χ4n) is 3.60. The van der Waals surface area contributed by atoms with Gasteiger partial charge in [-0.15, -0.1) is 0 Å². The minimum absolute atomic E-state index is 0.0503. The Morgan fingerprint density at radius 2 is 1.71 bits per heavy atom. The summed E-state index contributed by atoms with van der Waals surface area (Å²) in [6.07, 6.45) is 0.985. The summed E-state index contributed by atoms with van der Waals surface area (Å²) in [4.78, 5) is 28.8. The molecule has 5 nitrogen and oxygen atoms in total. The number of ether oxygens (including phenoxy) is 1. The predicted molar refractivity (Wildman–Crippen MR) is 110 cm³/mol. The van der Waals surface area contributed by atoms with E-state index in [1.165, 1.54) is 5.56 Å². The zero-order chi connectivity index (χ0) is 19.9. The number of hydrogen-bond acceptors (Lipinski definition) is 3. The normalized spacial score (nSPS) is 17.5. The van der Waals surface area contributed by atoms with Gasteiger partial charge in [-0.2, -0.15) is 0 Å². The highest BCUT2D eigenvalue weighted by Gasteiger charge is 2.30. The number of rotatable bonds is 6. The molecule has 1 heterocycles. The van der Waals surface area contributed by atoms with Crippen molar-refractivity contribution < 1.29 is 14.3 Å². The summed E-state index contributed by atoms with van der Waals surface area (Å²) in [6.45, 7) is 2.02. The van der Waals surface area contributed by atoms with E-state index in [2.05, 4.69) is 36.4 Å². The van der Waals surface area contributed by atoms with Crippen molar-refractivity contribution >= 4 is 11.8 Å². The standard InChI is InChI=1S/C23H28N2O3/c1-24-13-14-25(22(26)12-15-28-2)17-21(23(24)27)16-18-8-10-20(11-9-18)19-6-4-3-5-7-19/h3-11,21H,12-17H2,1-2H3/t21-/m0/s1. The molecule has 0 aromatic heterocycles. The third-order valence-electron chi connectivity index (χ3n) is 5.29. The van der Waals surface area contributed by atoms with Gasteiger partial charge in [0.1, 0.15) is 0 Å². The van der Waals surface area contributed by atoms with Crippen molar-refractivity contribution in [2.75, 3.05) is 40.4 Å². The molecule has 5 heteroatoms. The quantitative estimate of drug-likeness (QED) is 0.774. The number of benzene rings is 2. The zero-order valence-electron chi connectivity index (χ0n) is 16.6. The minimum Gasteiger partial charge on any atom is -0.384 e. The molecule has 148 valence electrons. The Morgan fingerprint density at radius 1 is 1.04 bits per heavy atom. The van der Waals surface area contributed by atoms with Gasteiger partial charge in [0, 0.05) is 33.8 Å². The van der Waals surface area contributed by atoms with Gasteiger partial charge in [-0.1, -0.05) is 54.6 Å². The van der Waals surface area contributed by atoms with E-state index in [9.17, 15) is 9.59 Å².